The van der Waals surface area contributed by atoms with Gasteiger partial charge in [-0.25, -0.2) is 14.6 Å². The topological polar surface area (TPSA) is 66.7 Å². The molecule has 0 fully saturated rings. The van der Waals surface area contributed by atoms with E-state index in [1.54, 1.807) is 0 Å². The lowest BCUT2D eigenvalue weighted by atomic mass is 10.1. The molecule has 0 saturated carbocycles. The van der Waals surface area contributed by atoms with Crippen LogP contribution < -0.4 is 0 Å². The summed E-state index contributed by atoms with van der Waals surface area (Å²) in [4.78, 5) is 23.7. The molecule has 0 unspecified atom stereocenters. The second kappa shape index (κ2) is 4.56. The van der Waals surface area contributed by atoms with E-state index >= 15 is 0 Å². The summed E-state index contributed by atoms with van der Waals surface area (Å²) < 4.78 is 0. The zero-order valence-electron chi connectivity index (χ0n) is 7.03. The second-order valence-electron chi connectivity index (χ2n) is 2.52. The molecule has 0 heterocycles. The number of nitrogens with zero attached hydrogens (tertiary/aromatic N) is 1. The normalized spacial score (nSPS) is 9.21. The molecule has 0 spiro atoms. The van der Waals surface area contributed by atoms with Crippen molar-refractivity contribution in [2.45, 2.75) is 6.54 Å². The molecular weight excluding hydrogens is 206 g/mol. The second-order valence-corrected chi connectivity index (χ2v) is 2.93. The summed E-state index contributed by atoms with van der Waals surface area (Å²) in [5.74, 6) is -1.04. The molecule has 0 atom stereocenters. The number of isocyanates is 1. The lowest BCUT2D eigenvalue weighted by Gasteiger charge is -2.00. The number of aromatic carboxylic acids is 1. The molecule has 72 valence electrons. The fourth-order valence-electron chi connectivity index (χ4n) is 0.926. The molecule has 0 bridgehead atoms. The fourth-order valence-corrected chi connectivity index (χ4v) is 1.17. The molecule has 0 aliphatic carbocycles. The molecule has 1 N–H and O–H groups in total. The minimum Gasteiger partial charge on any atom is -0.478 e. The Labute approximate surface area is 84.8 Å². The Bertz CT molecular complexity index is 411. The standard InChI is InChI=1S/C9H6ClNO3/c10-8-3-6(9(13)14)1-2-7(8)4-11-5-12/h1-3H,4H2,(H,13,14). The maximum absolute atomic E-state index is 10.5. The van der Waals surface area contributed by atoms with Crippen molar-refractivity contribution in [1.29, 1.82) is 0 Å². The summed E-state index contributed by atoms with van der Waals surface area (Å²) in [5.41, 5.74) is 0.703. The molecule has 4 nitrogen and oxygen atoms in total. The largest absolute Gasteiger partial charge is 0.478 e. The van der Waals surface area contributed by atoms with Gasteiger partial charge in [-0.1, -0.05) is 17.7 Å². The van der Waals surface area contributed by atoms with Crippen molar-refractivity contribution in [3.8, 4) is 0 Å². The maximum atomic E-state index is 10.5. The Kier molecular flexibility index (Phi) is 3.40. The summed E-state index contributed by atoms with van der Waals surface area (Å²) in [5, 5.41) is 8.91. The van der Waals surface area contributed by atoms with Gasteiger partial charge in [-0.15, -0.1) is 0 Å². The van der Waals surface area contributed by atoms with Crippen LogP contribution in [0.1, 0.15) is 15.9 Å². The number of hydrogen-bond donors (Lipinski definition) is 1. The smallest absolute Gasteiger partial charge is 0.335 e. The Morgan fingerprint density at radius 2 is 2.29 bits per heavy atom. The van der Waals surface area contributed by atoms with E-state index in [9.17, 15) is 9.59 Å². The van der Waals surface area contributed by atoms with Crippen LogP contribution in [0.2, 0.25) is 5.02 Å². The molecule has 1 rings (SSSR count). The van der Waals surface area contributed by atoms with E-state index in [0.29, 0.717) is 5.56 Å². The Balaban J connectivity index is 3.00. The van der Waals surface area contributed by atoms with Crippen molar-refractivity contribution in [3.05, 3.63) is 34.3 Å². The van der Waals surface area contributed by atoms with E-state index in [2.05, 4.69) is 4.99 Å². The first-order valence-corrected chi connectivity index (χ1v) is 4.08. The number of rotatable bonds is 3. The Morgan fingerprint density at radius 1 is 1.57 bits per heavy atom. The minimum absolute atomic E-state index is 0.105. The summed E-state index contributed by atoms with van der Waals surface area (Å²) in [7, 11) is 0. The molecule has 1 aromatic carbocycles. The first kappa shape index (κ1) is 10.4. The summed E-state index contributed by atoms with van der Waals surface area (Å²) in [6, 6.07) is 4.25. The molecule has 0 aliphatic heterocycles. The van der Waals surface area contributed by atoms with Crippen LogP contribution in [0.15, 0.2) is 23.2 Å². The van der Waals surface area contributed by atoms with Crippen molar-refractivity contribution in [1.82, 2.24) is 0 Å². The number of carboxylic acids is 1. The first-order chi connectivity index (χ1) is 6.65. The van der Waals surface area contributed by atoms with Gasteiger partial charge in [0.2, 0.25) is 6.08 Å². The van der Waals surface area contributed by atoms with Gasteiger partial charge in [-0.3, -0.25) is 0 Å². The molecule has 0 saturated heterocycles. The van der Waals surface area contributed by atoms with Crippen LogP contribution in [0, 0.1) is 0 Å². The van der Waals surface area contributed by atoms with Gasteiger partial charge < -0.3 is 5.11 Å². The zero-order valence-corrected chi connectivity index (χ0v) is 7.78. The Morgan fingerprint density at radius 3 is 2.79 bits per heavy atom. The van der Waals surface area contributed by atoms with E-state index < -0.39 is 5.97 Å². The third-order valence-electron chi connectivity index (χ3n) is 1.61. The molecular formula is C9H6ClNO3. The van der Waals surface area contributed by atoms with Crippen molar-refractivity contribution in [2.75, 3.05) is 0 Å². The van der Waals surface area contributed by atoms with Crippen LogP contribution in [0.5, 0.6) is 0 Å². The lowest BCUT2D eigenvalue weighted by molar-refractivity contribution is 0.0697. The van der Waals surface area contributed by atoms with Crippen LogP contribution >= 0.6 is 11.6 Å². The summed E-state index contributed by atoms with van der Waals surface area (Å²) in [6.45, 7) is 0.113. The average molecular weight is 212 g/mol. The van der Waals surface area contributed by atoms with Gasteiger partial charge >= 0.3 is 5.97 Å². The SMILES string of the molecule is O=C=NCc1ccc(C(=O)O)cc1Cl. The predicted octanol–water partition coefficient (Wildman–Crippen LogP) is 1.87. The van der Waals surface area contributed by atoms with Crippen LogP contribution in [0.25, 0.3) is 0 Å². The number of benzene rings is 1. The molecule has 0 aromatic heterocycles. The highest BCUT2D eigenvalue weighted by atomic mass is 35.5. The highest BCUT2D eigenvalue weighted by Crippen LogP contribution is 2.18. The molecule has 0 aliphatic rings. The molecule has 0 radical (unpaired) electrons. The average Bonchev–Trinajstić information content (AvgIpc) is 2.15. The molecule has 5 heteroatoms. The number of hydrogen-bond acceptors (Lipinski definition) is 3. The molecule has 1 aromatic rings. The van der Waals surface area contributed by atoms with Gasteiger partial charge in [0, 0.05) is 5.02 Å². The van der Waals surface area contributed by atoms with Gasteiger partial charge in [-0.05, 0) is 17.7 Å². The molecule has 0 amide bonds. The minimum atomic E-state index is -1.04. The quantitative estimate of drug-likeness (QED) is 0.613. The van der Waals surface area contributed by atoms with E-state index in [-0.39, 0.29) is 17.1 Å². The van der Waals surface area contributed by atoms with Crippen molar-refractivity contribution >= 4 is 23.7 Å². The highest BCUT2D eigenvalue weighted by Gasteiger charge is 2.06. The van der Waals surface area contributed by atoms with Crippen molar-refractivity contribution < 1.29 is 14.7 Å². The zero-order chi connectivity index (χ0) is 10.6. The van der Waals surface area contributed by atoms with Gasteiger partial charge in [0.15, 0.2) is 0 Å². The predicted molar refractivity (Wildman–Crippen MR) is 50.2 cm³/mol. The van der Waals surface area contributed by atoms with E-state index in [4.69, 9.17) is 16.7 Å². The third-order valence-corrected chi connectivity index (χ3v) is 1.97. The third kappa shape index (κ3) is 2.42. The van der Waals surface area contributed by atoms with Crippen molar-refractivity contribution in [3.63, 3.8) is 0 Å². The van der Waals surface area contributed by atoms with E-state index in [1.165, 1.54) is 24.3 Å². The highest BCUT2D eigenvalue weighted by molar-refractivity contribution is 6.31. The van der Waals surface area contributed by atoms with Gasteiger partial charge in [0.05, 0.1) is 12.1 Å². The molecule has 14 heavy (non-hydrogen) atoms. The van der Waals surface area contributed by atoms with Crippen LogP contribution in [-0.4, -0.2) is 17.2 Å². The van der Waals surface area contributed by atoms with Crippen molar-refractivity contribution in [2.24, 2.45) is 4.99 Å². The monoisotopic (exact) mass is 211 g/mol. The maximum Gasteiger partial charge on any atom is 0.335 e. The van der Waals surface area contributed by atoms with Gasteiger partial charge in [0.1, 0.15) is 0 Å². The number of halogens is 1. The van der Waals surface area contributed by atoms with Gasteiger partial charge in [-0.2, -0.15) is 0 Å². The van der Waals surface area contributed by atoms with Crippen LogP contribution in [0.4, 0.5) is 0 Å². The first-order valence-electron chi connectivity index (χ1n) is 3.70. The van der Waals surface area contributed by atoms with Gasteiger partial charge in [0.25, 0.3) is 0 Å². The van der Waals surface area contributed by atoms with E-state index in [1.807, 2.05) is 0 Å². The Hall–Kier alpha value is -1.64. The summed E-state index contributed by atoms with van der Waals surface area (Å²) >= 11 is 5.76. The lowest BCUT2D eigenvalue weighted by Crippen LogP contribution is -1.96. The fraction of sp³-hybridized carbons (Fsp3) is 0.111. The number of aliphatic imine (C=N–C) groups is 1. The van der Waals surface area contributed by atoms with Crippen LogP contribution in [0.3, 0.4) is 0 Å². The number of carbonyl (C=O) groups excluding carboxylic acids is 1. The number of carbonyl (C=O) groups is 1. The summed E-state index contributed by atoms with van der Waals surface area (Å²) in [6.07, 6.45) is 1.38. The number of carboxylic acid groups (broad SMARTS) is 1. The van der Waals surface area contributed by atoms with E-state index in [0.717, 1.165) is 0 Å². The van der Waals surface area contributed by atoms with Crippen LogP contribution in [-0.2, 0) is 11.3 Å².